The number of primary amides is 1. The number of aromatic nitrogens is 2. The van der Waals surface area contributed by atoms with Crippen LogP contribution in [0.25, 0.3) is 0 Å². The molecule has 0 aliphatic rings. The first-order valence-electron chi connectivity index (χ1n) is 2.46. The highest BCUT2D eigenvalue weighted by molar-refractivity contribution is 7.13. The second kappa shape index (κ2) is 2.61. The number of ether oxygens (including phenoxy) is 1. The molecule has 0 unspecified atom stereocenters. The highest BCUT2D eigenvalue weighted by Crippen LogP contribution is 2.15. The first-order valence-corrected chi connectivity index (χ1v) is 3.27. The lowest BCUT2D eigenvalue weighted by atomic mass is 10.9. The molecule has 1 rings (SSSR count). The Morgan fingerprint density at radius 3 is 2.80 bits per heavy atom. The number of nitrogens with zero attached hydrogens (tertiary/aromatic N) is 2. The van der Waals surface area contributed by atoms with Gasteiger partial charge in [-0.1, -0.05) is 16.4 Å². The molecule has 1 heterocycles. The first kappa shape index (κ1) is 6.94. The van der Waals surface area contributed by atoms with Crippen LogP contribution in [0.1, 0.15) is 5.01 Å². The summed E-state index contributed by atoms with van der Waals surface area (Å²) in [4.78, 5) is 10.1. The predicted molar refractivity (Wildman–Crippen MR) is 34.9 cm³/mol. The van der Waals surface area contributed by atoms with Crippen molar-refractivity contribution in [2.75, 3.05) is 0 Å². The highest BCUT2D eigenvalue weighted by Gasteiger charge is 2.02. The molecule has 0 aliphatic carbocycles. The van der Waals surface area contributed by atoms with Crippen LogP contribution in [0.15, 0.2) is 0 Å². The van der Waals surface area contributed by atoms with Gasteiger partial charge < -0.3 is 10.5 Å². The zero-order chi connectivity index (χ0) is 7.56. The number of carbonyl (C=O) groups excluding carboxylic acids is 1. The third-order valence-electron chi connectivity index (χ3n) is 0.695. The Balaban J connectivity index is 2.67. The van der Waals surface area contributed by atoms with Gasteiger partial charge in [-0.25, -0.2) is 4.79 Å². The van der Waals surface area contributed by atoms with Crippen molar-refractivity contribution < 1.29 is 9.53 Å². The number of hydrogen-bond donors (Lipinski definition) is 1. The smallest absolute Gasteiger partial charge is 0.380 e. The number of amides is 1. The van der Waals surface area contributed by atoms with E-state index in [4.69, 9.17) is 5.73 Å². The molecule has 6 heteroatoms. The zero-order valence-corrected chi connectivity index (χ0v) is 6.01. The average Bonchev–Trinajstić information content (AvgIpc) is 2.13. The van der Waals surface area contributed by atoms with Crippen molar-refractivity contribution in [1.82, 2.24) is 10.2 Å². The van der Waals surface area contributed by atoms with E-state index in [0.29, 0.717) is 0 Å². The van der Waals surface area contributed by atoms with Gasteiger partial charge in [-0.3, -0.25) is 0 Å². The molecule has 0 atom stereocenters. The maximum absolute atomic E-state index is 10.1. The third-order valence-corrected chi connectivity index (χ3v) is 1.41. The van der Waals surface area contributed by atoms with Crippen LogP contribution < -0.4 is 10.5 Å². The van der Waals surface area contributed by atoms with E-state index >= 15 is 0 Å². The Morgan fingerprint density at radius 2 is 2.40 bits per heavy atom. The maximum Gasteiger partial charge on any atom is 0.411 e. The van der Waals surface area contributed by atoms with Crippen molar-refractivity contribution in [3.63, 3.8) is 0 Å². The summed E-state index contributed by atoms with van der Waals surface area (Å²) < 4.78 is 4.42. The second-order valence-electron chi connectivity index (χ2n) is 1.51. The van der Waals surface area contributed by atoms with Crippen LogP contribution in [-0.2, 0) is 0 Å². The SMILES string of the molecule is Cc1nnc(OC(N)=O)s1. The monoisotopic (exact) mass is 159 g/mol. The van der Waals surface area contributed by atoms with E-state index in [1.54, 1.807) is 6.92 Å². The Morgan fingerprint density at radius 1 is 1.70 bits per heavy atom. The molecule has 0 aliphatic heterocycles. The number of nitrogens with two attached hydrogens (primary N) is 1. The quantitative estimate of drug-likeness (QED) is 0.639. The van der Waals surface area contributed by atoms with Crippen LogP contribution in [0.5, 0.6) is 5.19 Å². The lowest BCUT2D eigenvalue weighted by Crippen LogP contribution is -2.15. The van der Waals surface area contributed by atoms with Crippen molar-refractivity contribution in [3.8, 4) is 5.19 Å². The van der Waals surface area contributed by atoms with E-state index in [2.05, 4.69) is 14.9 Å². The molecule has 0 radical (unpaired) electrons. The normalized spacial score (nSPS) is 9.30. The highest BCUT2D eigenvalue weighted by atomic mass is 32.1. The molecule has 2 N–H and O–H groups in total. The zero-order valence-electron chi connectivity index (χ0n) is 5.20. The van der Waals surface area contributed by atoms with Crippen LogP contribution in [0.4, 0.5) is 4.79 Å². The van der Waals surface area contributed by atoms with Gasteiger partial charge in [0.05, 0.1) is 0 Å². The van der Waals surface area contributed by atoms with Gasteiger partial charge in [-0.15, -0.1) is 5.10 Å². The largest absolute Gasteiger partial charge is 0.411 e. The summed E-state index contributed by atoms with van der Waals surface area (Å²) in [5.41, 5.74) is 4.71. The Labute approximate surface area is 60.8 Å². The number of hydrogen-bond acceptors (Lipinski definition) is 5. The van der Waals surface area contributed by atoms with Crippen molar-refractivity contribution >= 4 is 17.4 Å². The van der Waals surface area contributed by atoms with E-state index < -0.39 is 6.09 Å². The summed E-state index contributed by atoms with van der Waals surface area (Å²) >= 11 is 1.17. The van der Waals surface area contributed by atoms with Crippen molar-refractivity contribution in [2.45, 2.75) is 6.92 Å². The van der Waals surface area contributed by atoms with E-state index in [1.165, 1.54) is 11.3 Å². The van der Waals surface area contributed by atoms with Crippen LogP contribution in [0, 0.1) is 6.92 Å². The maximum atomic E-state index is 10.1. The molecule has 1 aromatic rings. The lowest BCUT2D eigenvalue weighted by Gasteiger charge is -1.88. The molecule has 0 spiro atoms. The number of aryl methyl sites for hydroxylation is 1. The minimum atomic E-state index is -0.865. The van der Waals surface area contributed by atoms with E-state index in [0.717, 1.165) is 5.01 Å². The van der Waals surface area contributed by atoms with E-state index in [-0.39, 0.29) is 5.19 Å². The molecule has 1 amide bonds. The Hall–Kier alpha value is -1.17. The first-order chi connectivity index (χ1) is 4.68. The molecule has 0 saturated carbocycles. The Kier molecular flexibility index (Phi) is 1.81. The van der Waals surface area contributed by atoms with Gasteiger partial charge in [0.1, 0.15) is 5.01 Å². The van der Waals surface area contributed by atoms with Crippen molar-refractivity contribution in [3.05, 3.63) is 5.01 Å². The van der Waals surface area contributed by atoms with Crippen LogP contribution in [-0.4, -0.2) is 16.3 Å². The summed E-state index contributed by atoms with van der Waals surface area (Å²) in [6.07, 6.45) is -0.865. The van der Waals surface area contributed by atoms with Gasteiger partial charge in [-0.05, 0) is 6.92 Å². The fourth-order valence-corrected chi connectivity index (χ4v) is 0.946. The van der Waals surface area contributed by atoms with Gasteiger partial charge in [-0.2, -0.15) is 0 Å². The van der Waals surface area contributed by atoms with Gasteiger partial charge >= 0.3 is 11.3 Å². The van der Waals surface area contributed by atoms with Crippen molar-refractivity contribution in [2.24, 2.45) is 5.73 Å². The molecule has 0 aromatic carbocycles. The molecular formula is C4H5N3O2S. The molecule has 0 bridgehead atoms. The van der Waals surface area contributed by atoms with Gasteiger partial charge in [0, 0.05) is 0 Å². The molecule has 54 valence electrons. The summed E-state index contributed by atoms with van der Waals surface area (Å²) in [5, 5.41) is 8.02. The molecule has 0 fully saturated rings. The van der Waals surface area contributed by atoms with Crippen LogP contribution in [0.3, 0.4) is 0 Å². The minimum absolute atomic E-state index is 0.185. The molecule has 10 heavy (non-hydrogen) atoms. The topological polar surface area (TPSA) is 78.1 Å². The summed E-state index contributed by atoms with van der Waals surface area (Å²) in [6, 6.07) is 0. The fraction of sp³-hybridized carbons (Fsp3) is 0.250. The number of carbonyl (C=O) groups is 1. The minimum Gasteiger partial charge on any atom is -0.380 e. The Bertz CT molecular complexity index is 246. The van der Waals surface area contributed by atoms with Crippen molar-refractivity contribution in [1.29, 1.82) is 0 Å². The summed E-state index contributed by atoms with van der Waals surface area (Å²) in [7, 11) is 0. The van der Waals surface area contributed by atoms with E-state index in [1.807, 2.05) is 0 Å². The lowest BCUT2D eigenvalue weighted by molar-refractivity contribution is 0.210. The third kappa shape index (κ3) is 1.66. The van der Waals surface area contributed by atoms with Gasteiger partial charge in [0.25, 0.3) is 0 Å². The molecule has 0 saturated heterocycles. The molecular weight excluding hydrogens is 154 g/mol. The van der Waals surface area contributed by atoms with Gasteiger partial charge in [0.2, 0.25) is 0 Å². The van der Waals surface area contributed by atoms with Crippen LogP contribution in [0.2, 0.25) is 0 Å². The molecule has 5 nitrogen and oxygen atoms in total. The summed E-state index contributed by atoms with van der Waals surface area (Å²) in [6.45, 7) is 1.76. The van der Waals surface area contributed by atoms with E-state index in [9.17, 15) is 4.79 Å². The standard InChI is InChI=1S/C4H5N3O2S/c1-2-6-7-4(10-2)9-3(5)8/h1H3,(H2,5,8). The summed E-state index contributed by atoms with van der Waals surface area (Å²) in [5.74, 6) is 0. The predicted octanol–water partition coefficient (Wildman–Crippen LogP) is 0.304. The average molecular weight is 159 g/mol. The van der Waals surface area contributed by atoms with Crippen LogP contribution >= 0.6 is 11.3 Å². The second-order valence-corrected chi connectivity index (χ2v) is 2.65. The molecule has 1 aromatic heterocycles. The fourth-order valence-electron chi connectivity index (χ4n) is 0.406. The van der Waals surface area contributed by atoms with Gasteiger partial charge in [0.15, 0.2) is 0 Å². The number of rotatable bonds is 1.